The number of carbonyl (C=O) groups excluding carboxylic acids is 2. The Morgan fingerprint density at radius 2 is 2.04 bits per heavy atom. The monoisotopic (exact) mass is 342 g/mol. The van der Waals surface area contributed by atoms with Gasteiger partial charge in [-0.25, -0.2) is 0 Å². The maximum atomic E-state index is 12.5. The van der Waals surface area contributed by atoms with Crippen LogP contribution in [0.1, 0.15) is 41.1 Å². The lowest BCUT2D eigenvalue weighted by Gasteiger charge is -2.17. The van der Waals surface area contributed by atoms with E-state index in [1.807, 2.05) is 30.3 Å². The number of nitrogens with zero attached hydrogens (tertiary/aromatic N) is 3. The minimum Gasteiger partial charge on any atom is -0.394 e. The van der Waals surface area contributed by atoms with Crippen molar-refractivity contribution < 1.29 is 14.7 Å². The molecule has 2 aromatic rings. The van der Waals surface area contributed by atoms with Crippen molar-refractivity contribution in [1.29, 1.82) is 0 Å². The molecule has 25 heavy (non-hydrogen) atoms. The number of aliphatic hydroxyl groups is 1. The van der Waals surface area contributed by atoms with Crippen LogP contribution in [0.3, 0.4) is 0 Å². The summed E-state index contributed by atoms with van der Waals surface area (Å²) < 4.78 is 1.79. The predicted octanol–water partition coefficient (Wildman–Crippen LogP) is 1.10. The van der Waals surface area contributed by atoms with Gasteiger partial charge in [0, 0.05) is 20.0 Å². The number of amides is 2. The summed E-state index contributed by atoms with van der Waals surface area (Å²) in [5.41, 5.74) is 1.98. The molecule has 0 bridgehead atoms. The molecule has 0 fully saturated rings. The highest BCUT2D eigenvalue weighted by Gasteiger charge is 2.22. The SMILES string of the molecule is CC(=O)N1CCCn2nc(C(=O)NC(CO)c3ccccc3)cc2C1. The first kappa shape index (κ1) is 17.2. The fourth-order valence-electron chi connectivity index (χ4n) is 2.99. The Bertz CT molecular complexity index is 757. The van der Waals surface area contributed by atoms with Crippen LogP contribution in [0.25, 0.3) is 0 Å². The van der Waals surface area contributed by atoms with Crippen molar-refractivity contribution in [3.63, 3.8) is 0 Å². The molecule has 1 aliphatic rings. The molecule has 132 valence electrons. The highest BCUT2D eigenvalue weighted by Crippen LogP contribution is 2.16. The van der Waals surface area contributed by atoms with Gasteiger partial charge in [-0.05, 0) is 18.1 Å². The number of aromatic nitrogens is 2. The molecule has 1 unspecified atom stereocenters. The van der Waals surface area contributed by atoms with E-state index in [-0.39, 0.29) is 18.4 Å². The number of aliphatic hydroxyl groups excluding tert-OH is 1. The fraction of sp³-hybridized carbons (Fsp3) is 0.389. The Hall–Kier alpha value is -2.67. The van der Waals surface area contributed by atoms with Crippen LogP contribution >= 0.6 is 0 Å². The molecule has 0 aliphatic carbocycles. The predicted molar refractivity (Wildman–Crippen MR) is 91.7 cm³/mol. The third-order valence-electron chi connectivity index (χ3n) is 4.38. The lowest BCUT2D eigenvalue weighted by Crippen LogP contribution is -2.31. The van der Waals surface area contributed by atoms with Crippen molar-refractivity contribution in [2.75, 3.05) is 13.2 Å². The first-order chi connectivity index (χ1) is 12.1. The Balaban J connectivity index is 1.75. The second kappa shape index (κ2) is 7.48. The molecule has 0 radical (unpaired) electrons. The number of hydrogen-bond acceptors (Lipinski definition) is 4. The summed E-state index contributed by atoms with van der Waals surface area (Å²) in [4.78, 5) is 25.9. The van der Waals surface area contributed by atoms with Gasteiger partial charge in [-0.3, -0.25) is 14.3 Å². The van der Waals surface area contributed by atoms with Crippen LogP contribution in [-0.4, -0.2) is 44.8 Å². The summed E-state index contributed by atoms with van der Waals surface area (Å²) in [5.74, 6) is -0.317. The van der Waals surface area contributed by atoms with Crippen molar-refractivity contribution in [1.82, 2.24) is 20.0 Å². The quantitative estimate of drug-likeness (QED) is 0.871. The van der Waals surface area contributed by atoms with Crippen molar-refractivity contribution >= 4 is 11.8 Å². The molecule has 2 heterocycles. The lowest BCUT2D eigenvalue weighted by molar-refractivity contribution is -0.129. The van der Waals surface area contributed by atoms with Crippen LogP contribution in [0, 0.1) is 0 Å². The minimum atomic E-state index is -0.482. The molecular weight excluding hydrogens is 320 g/mol. The number of carbonyl (C=O) groups is 2. The van der Waals surface area contributed by atoms with Crippen LogP contribution in [0.2, 0.25) is 0 Å². The van der Waals surface area contributed by atoms with Gasteiger partial charge in [0.25, 0.3) is 5.91 Å². The molecule has 3 rings (SSSR count). The van der Waals surface area contributed by atoms with E-state index in [1.165, 1.54) is 0 Å². The highest BCUT2D eigenvalue weighted by molar-refractivity contribution is 5.92. The van der Waals surface area contributed by atoms with Gasteiger partial charge in [0.05, 0.1) is 24.9 Å². The van der Waals surface area contributed by atoms with Gasteiger partial charge in [-0.15, -0.1) is 0 Å². The van der Waals surface area contributed by atoms with E-state index < -0.39 is 6.04 Å². The summed E-state index contributed by atoms with van der Waals surface area (Å²) in [7, 11) is 0. The molecule has 7 heteroatoms. The van der Waals surface area contributed by atoms with E-state index in [2.05, 4.69) is 10.4 Å². The number of aryl methyl sites for hydroxylation is 1. The maximum absolute atomic E-state index is 12.5. The standard InChI is InChI=1S/C18H22N4O3/c1-13(24)21-8-5-9-22-15(11-21)10-16(20-22)18(25)19-17(12-23)14-6-3-2-4-7-14/h2-4,6-7,10,17,23H,5,8-9,11-12H2,1H3,(H,19,25). The van der Waals surface area contributed by atoms with Crippen LogP contribution in [0.15, 0.2) is 36.4 Å². The third kappa shape index (κ3) is 3.88. The van der Waals surface area contributed by atoms with Gasteiger partial charge in [0.2, 0.25) is 5.91 Å². The lowest BCUT2D eigenvalue weighted by atomic mass is 10.1. The highest BCUT2D eigenvalue weighted by atomic mass is 16.3. The van der Waals surface area contributed by atoms with Crippen LogP contribution in [0.4, 0.5) is 0 Å². The fourth-order valence-corrected chi connectivity index (χ4v) is 2.99. The van der Waals surface area contributed by atoms with Crippen LogP contribution in [0.5, 0.6) is 0 Å². The summed E-state index contributed by atoms with van der Waals surface area (Å²) in [6, 6.07) is 10.5. The summed E-state index contributed by atoms with van der Waals surface area (Å²) in [6.07, 6.45) is 0.804. The molecule has 0 saturated carbocycles. The van der Waals surface area contributed by atoms with Gasteiger partial charge < -0.3 is 15.3 Å². The maximum Gasteiger partial charge on any atom is 0.272 e. The van der Waals surface area contributed by atoms with E-state index in [9.17, 15) is 14.7 Å². The molecule has 2 amide bonds. The largest absolute Gasteiger partial charge is 0.394 e. The Morgan fingerprint density at radius 3 is 2.72 bits per heavy atom. The smallest absolute Gasteiger partial charge is 0.272 e. The van der Waals surface area contributed by atoms with Gasteiger partial charge in [-0.1, -0.05) is 30.3 Å². The van der Waals surface area contributed by atoms with Gasteiger partial charge in [0.15, 0.2) is 5.69 Å². The summed E-state index contributed by atoms with van der Waals surface area (Å²) >= 11 is 0. The van der Waals surface area contributed by atoms with Crippen molar-refractivity contribution in [3.05, 3.63) is 53.3 Å². The molecule has 0 saturated heterocycles. The van der Waals surface area contributed by atoms with E-state index in [4.69, 9.17) is 0 Å². The summed E-state index contributed by atoms with van der Waals surface area (Å²) in [6.45, 7) is 3.18. The van der Waals surface area contributed by atoms with E-state index in [0.717, 1.165) is 17.7 Å². The zero-order valence-electron chi connectivity index (χ0n) is 14.2. The van der Waals surface area contributed by atoms with Gasteiger partial charge >= 0.3 is 0 Å². The number of hydrogen-bond donors (Lipinski definition) is 2. The number of benzene rings is 1. The number of nitrogens with one attached hydrogen (secondary N) is 1. The first-order valence-corrected chi connectivity index (χ1v) is 8.37. The van der Waals surface area contributed by atoms with Crippen molar-refractivity contribution in [3.8, 4) is 0 Å². The topological polar surface area (TPSA) is 87.5 Å². The molecule has 1 aromatic carbocycles. The molecule has 0 spiro atoms. The second-order valence-electron chi connectivity index (χ2n) is 6.16. The summed E-state index contributed by atoms with van der Waals surface area (Å²) in [5, 5.41) is 16.8. The molecule has 1 aromatic heterocycles. The molecule has 1 aliphatic heterocycles. The van der Waals surface area contributed by atoms with Crippen LogP contribution < -0.4 is 5.32 Å². The number of fused-ring (bicyclic) bond motifs is 1. The minimum absolute atomic E-state index is 0.0186. The first-order valence-electron chi connectivity index (χ1n) is 8.37. The number of rotatable bonds is 4. The molecule has 1 atom stereocenters. The average Bonchev–Trinajstić information content (AvgIpc) is 2.91. The molecule has 7 nitrogen and oxygen atoms in total. The van der Waals surface area contributed by atoms with E-state index in [0.29, 0.717) is 25.3 Å². The van der Waals surface area contributed by atoms with Crippen LogP contribution in [-0.2, 0) is 17.9 Å². The zero-order valence-corrected chi connectivity index (χ0v) is 14.2. The van der Waals surface area contributed by atoms with E-state index >= 15 is 0 Å². The van der Waals surface area contributed by atoms with Gasteiger partial charge in [0.1, 0.15) is 0 Å². The van der Waals surface area contributed by atoms with Crippen molar-refractivity contribution in [2.24, 2.45) is 0 Å². The average molecular weight is 342 g/mol. The Kier molecular flexibility index (Phi) is 5.14. The molecular formula is C18H22N4O3. The second-order valence-corrected chi connectivity index (χ2v) is 6.16. The van der Waals surface area contributed by atoms with Gasteiger partial charge in [-0.2, -0.15) is 5.10 Å². The zero-order chi connectivity index (χ0) is 17.8. The molecule has 2 N–H and O–H groups in total. The normalized spacial score (nSPS) is 15.2. The third-order valence-corrected chi connectivity index (χ3v) is 4.38. The van der Waals surface area contributed by atoms with E-state index in [1.54, 1.807) is 22.6 Å². The Labute approximate surface area is 146 Å². The Morgan fingerprint density at radius 1 is 1.28 bits per heavy atom. The van der Waals surface area contributed by atoms with Crippen molar-refractivity contribution in [2.45, 2.75) is 32.5 Å².